The average molecular weight is 362 g/mol. The highest BCUT2D eigenvalue weighted by Crippen LogP contribution is 2.33. The Morgan fingerprint density at radius 2 is 2.19 bits per heavy atom. The molecular weight excluding hydrogens is 336 g/mol. The average Bonchev–Trinajstić information content (AvgIpc) is 3.27. The van der Waals surface area contributed by atoms with Crippen LogP contribution in [0.15, 0.2) is 18.5 Å². The van der Waals surface area contributed by atoms with E-state index in [0.717, 1.165) is 49.7 Å². The van der Waals surface area contributed by atoms with E-state index in [2.05, 4.69) is 17.0 Å². The fourth-order valence-corrected chi connectivity index (χ4v) is 3.15. The molecule has 0 aliphatic carbocycles. The number of anilines is 1. The monoisotopic (exact) mass is 362 g/mol. The number of hydrogen-bond acceptors (Lipinski definition) is 7. The van der Waals surface area contributed by atoms with Gasteiger partial charge >= 0.3 is 6.16 Å². The Balaban J connectivity index is 1.44. The number of fused-ring (bicyclic) bond motifs is 1. The van der Waals surface area contributed by atoms with Crippen LogP contribution >= 0.6 is 0 Å². The molecule has 0 saturated carbocycles. The lowest BCUT2D eigenvalue weighted by Gasteiger charge is -2.14. The van der Waals surface area contributed by atoms with Crippen LogP contribution in [0.4, 0.5) is 10.6 Å². The van der Waals surface area contributed by atoms with Crippen molar-refractivity contribution in [3.63, 3.8) is 0 Å². The molecule has 1 saturated heterocycles. The van der Waals surface area contributed by atoms with Gasteiger partial charge in [-0.3, -0.25) is 0 Å². The summed E-state index contributed by atoms with van der Waals surface area (Å²) in [6.45, 7) is 2.75. The van der Waals surface area contributed by atoms with Crippen LogP contribution in [-0.4, -0.2) is 40.1 Å². The maximum atomic E-state index is 11.6. The van der Waals surface area contributed by atoms with Crippen molar-refractivity contribution in [2.24, 2.45) is 0 Å². The molecule has 3 heterocycles. The van der Waals surface area contributed by atoms with Crippen molar-refractivity contribution >= 4 is 17.5 Å². The van der Waals surface area contributed by atoms with Gasteiger partial charge in [0.25, 0.3) is 0 Å². The molecule has 8 nitrogen and oxygen atoms in total. The molecule has 3 rings (SSSR count). The van der Waals surface area contributed by atoms with E-state index in [-0.39, 0.29) is 18.8 Å². The normalized spacial score (nSPS) is 19.7. The van der Waals surface area contributed by atoms with Gasteiger partial charge < -0.3 is 19.9 Å². The zero-order chi connectivity index (χ0) is 18.4. The first kappa shape index (κ1) is 18.4. The van der Waals surface area contributed by atoms with Crippen LogP contribution in [0, 0.1) is 0 Å². The Morgan fingerprint density at radius 3 is 3.04 bits per heavy atom. The molecular formula is C18H26N4O4. The molecule has 1 aliphatic rings. The molecule has 0 bridgehead atoms. The Morgan fingerprint density at radius 1 is 1.31 bits per heavy atom. The van der Waals surface area contributed by atoms with Gasteiger partial charge in [-0.2, -0.15) is 5.10 Å². The second-order valence-electron chi connectivity index (χ2n) is 6.49. The molecule has 2 unspecified atom stereocenters. The predicted molar refractivity (Wildman–Crippen MR) is 95.7 cm³/mol. The van der Waals surface area contributed by atoms with Crippen LogP contribution < -0.4 is 5.73 Å². The van der Waals surface area contributed by atoms with Gasteiger partial charge in [-0.1, -0.05) is 26.2 Å². The highest BCUT2D eigenvalue weighted by atomic mass is 16.7. The number of hydrogen-bond donors (Lipinski definition) is 1. The SMILES string of the molecule is CCCCCCOC(=O)OCC1CCC(c2ccc3c(N)ncnn23)O1. The van der Waals surface area contributed by atoms with Gasteiger partial charge in [0, 0.05) is 0 Å². The number of aromatic nitrogens is 3. The standard InChI is InChI=1S/C18H26N4O4/c1-2-3-4-5-10-24-18(23)25-11-13-6-9-16(26-13)14-7-8-15-17(19)20-12-21-22(14)15/h7-8,12-13,16H,2-6,9-11H2,1H3,(H2,19,20,21). The van der Waals surface area contributed by atoms with Gasteiger partial charge in [-0.15, -0.1) is 0 Å². The highest BCUT2D eigenvalue weighted by Gasteiger charge is 2.30. The van der Waals surface area contributed by atoms with Gasteiger partial charge in [0.2, 0.25) is 0 Å². The molecule has 0 aromatic carbocycles. The van der Waals surface area contributed by atoms with E-state index in [4.69, 9.17) is 19.9 Å². The van der Waals surface area contributed by atoms with Gasteiger partial charge in [0.15, 0.2) is 5.82 Å². The van der Waals surface area contributed by atoms with Crippen LogP contribution in [0.5, 0.6) is 0 Å². The van der Waals surface area contributed by atoms with Crippen LogP contribution in [0.1, 0.15) is 57.2 Å². The largest absolute Gasteiger partial charge is 0.508 e. The molecule has 0 spiro atoms. The van der Waals surface area contributed by atoms with E-state index < -0.39 is 6.16 Å². The third-order valence-corrected chi connectivity index (χ3v) is 4.55. The maximum absolute atomic E-state index is 11.6. The molecule has 2 aromatic rings. The molecule has 26 heavy (non-hydrogen) atoms. The number of ether oxygens (including phenoxy) is 3. The zero-order valence-electron chi connectivity index (χ0n) is 15.1. The maximum Gasteiger partial charge on any atom is 0.508 e. The summed E-state index contributed by atoms with van der Waals surface area (Å²) in [6.07, 6.45) is 6.44. The smallest absolute Gasteiger partial charge is 0.434 e. The van der Waals surface area contributed by atoms with Crippen molar-refractivity contribution in [2.45, 2.75) is 57.7 Å². The van der Waals surface area contributed by atoms with E-state index in [0.29, 0.717) is 12.4 Å². The van der Waals surface area contributed by atoms with E-state index >= 15 is 0 Å². The van der Waals surface area contributed by atoms with Gasteiger partial charge in [0.1, 0.15) is 24.6 Å². The fourth-order valence-electron chi connectivity index (χ4n) is 3.15. The Hall–Kier alpha value is -2.35. The van der Waals surface area contributed by atoms with Gasteiger partial charge in [-0.05, 0) is 31.4 Å². The molecule has 0 amide bonds. The second-order valence-corrected chi connectivity index (χ2v) is 6.49. The van der Waals surface area contributed by atoms with E-state index in [1.54, 1.807) is 4.52 Å². The summed E-state index contributed by atoms with van der Waals surface area (Å²) in [5, 5.41) is 4.24. The van der Waals surface area contributed by atoms with Crippen LogP contribution in [0.3, 0.4) is 0 Å². The van der Waals surface area contributed by atoms with Crippen molar-refractivity contribution in [3.05, 3.63) is 24.2 Å². The van der Waals surface area contributed by atoms with Crippen LogP contribution in [0.2, 0.25) is 0 Å². The molecule has 2 atom stereocenters. The fraction of sp³-hybridized carbons (Fsp3) is 0.611. The number of unbranched alkanes of at least 4 members (excludes halogenated alkanes) is 3. The number of nitrogen functional groups attached to an aromatic ring is 1. The van der Waals surface area contributed by atoms with Crippen molar-refractivity contribution in [2.75, 3.05) is 18.9 Å². The first-order chi connectivity index (χ1) is 12.7. The highest BCUT2D eigenvalue weighted by molar-refractivity contribution is 5.65. The first-order valence-corrected chi connectivity index (χ1v) is 9.22. The van der Waals surface area contributed by atoms with E-state index in [1.165, 1.54) is 6.33 Å². The summed E-state index contributed by atoms with van der Waals surface area (Å²) >= 11 is 0. The Kier molecular flexibility index (Phi) is 6.27. The molecule has 1 fully saturated rings. The van der Waals surface area contributed by atoms with Gasteiger partial charge in [-0.25, -0.2) is 14.3 Å². The van der Waals surface area contributed by atoms with Crippen molar-refractivity contribution < 1.29 is 19.0 Å². The lowest BCUT2D eigenvalue weighted by molar-refractivity contribution is -0.0176. The summed E-state index contributed by atoms with van der Waals surface area (Å²) in [4.78, 5) is 15.6. The van der Waals surface area contributed by atoms with Crippen molar-refractivity contribution in [3.8, 4) is 0 Å². The minimum Gasteiger partial charge on any atom is -0.434 e. The quantitative estimate of drug-likeness (QED) is 0.568. The molecule has 2 aromatic heterocycles. The topological polar surface area (TPSA) is 101 Å². The van der Waals surface area contributed by atoms with Crippen molar-refractivity contribution in [1.82, 2.24) is 14.6 Å². The van der Waals surface area contributed by atoms with Crippen LogP contribution in [0.25, 0.3) is 5.52 Å². The number of nitrogens with two attached hydrogens (primary N) is 1. The second kappa shape index (κ2) is 8.84. The number of carbonyl (C=O) groups excluding carboxylic acids is 1. The zero-order valence-corrected chi connectivity index (χ0v) is 15.1. The number of rotatable bonds is 8. The molecule has 1 aliphatic heterocycles. The molecule has 0 radical (unpaired) electrons. The van der Waals surface area contributed by atoms with Crippen molar-refractivity contribution in [1.29, 1.82) is 0 Å². The molecule has 142 valence electrons. The Bertz CT molecular complexity index is 733. The molecule has 8 heteroatoms. The number of nitrogens with zero attached hydrogens (tertiary/aromatic N) is 3. The summed E-state index contributed by atoms with van der Waals surface area (Å²) in [5.41, 5.74) is 7.55. The lowest BCUT2D eigenvalue weighted by Crippen LogP contribution is -2.19. The minimum atomic E-state index is -0.623. The Labute approximate surface area is 152 Å². The van der Waals surface area contributed by atoms with E-state index in [1.807, 2.05) is 12.1 Å². The summed E-state index contributed by atoms with van der Waals surface area (Å²) in [5.74, 6) is 0.436. The molecule has 2 N–H and O–H groups in total. The summed E-state index contributed by atoms with van der Waals surface area (Å²) < 4.78 is 18.0. The number of carbonyl (C=O) groups is 1. The van der Waals surface area contributed by atoms with Crippen LogP contribution in [-0.2, 0) is 14.2 Å². The summed E-state index contributed by atoms with van der Waals surface area (Å²) in [7, 11) is 0. The van der Waals surface area contributed by atoms with Gasteiger partial charge in [0.05, 0.1) is 18.4 Å². The van der Waals surface area contributed by atoms with E-state index in [9.17, 15) is 4.79 Å². The third kappa shape index (κ3) is 4.43. The summed E-state index contributed by atoms with van der Waals surface area (Å²) in [6, 6.07) is 3.83. The minimum absolute atomic E-state index is 0.106. The lowest BCUT2D eigenvalue weighted by atomic mass is 10.1. The third-order valence-electron chi connectivity index (χ3n) is 4.55. The first-order valence-electron chi connectivity index (χ1n) is 9.22. The predicted octanol–water partition coefficient (Wildman–Crippen LogP) is 3.27.